The lowest BCUT2D eigenvalue weighted by molar-refractivity contribution is 0.686. The van der Waals surface area contributed by atoms with Gasteiger partial charge in [-0.25, -0.2) is 0 Å². The van der Waals surface area contributed by atoms with Crippen molar-refractivity contribution in [1.82, 2.24) is 10.3 Å². The highest BCUT2D eigenvalue weighted by molar-refractivity contribution is 9.10. The Morgan fingerprint density at radius 2 is 2.19 bits per heavy atom. The van der Waals surface area contributed by atoms with E-state index < -0.39 is 0 Å². The first-order valence-electron chi connectivity index (χ1n) is 5.03. The summed E-state index contributed by atoms with van der Waals surface area (Å²) in [5.74, 6) is 0. The van der Waals surface area contributed by atoms with Gasteiger partial charge >= 0.3 is 0 Å². The second-order valence-electron chi connectivity index (χ2n) is 3.63. The highest BCUT2D eigenvalue weighted by Crippen LogP contribution is 2.32. The first-order valence-corrected chi connectivity index (χ1v) is 6.77. The summed E-state index contributed by atoms with van der Waals surface area (Å²) in [4.78, 5) is 4.13. The van der Waals surface area contributed by atoms with Crippen LogP contribution in [-0.4, -0.2) is 12.0 Å². The number of aryl methyl sites for hydroxylation is 1. The summed E-state index contributed by atoms with van der Waals surface area (Å²) in [6.07, 6.45) is 3.74. The largest absolute Gasteiger partial charge is 0.309 e. The molecule has 0 bridgehead atoms. The lowest BCUT2D eigenvalue weighted by Crippen LogP contribution is -2.18. The fourth-order valence-corrected chi connectivity index (χ4v) is 3.34. The Hall–Kier alpha value is -0.710. The molecule has 1 unspecified atom stereocenters. The van der Waals surface area contributed by atoms with E-state index in [-0.39, 0.29) is 6.04 Å². The molecule has 2 aromatic heterocycles. The summed E-state index contributed by atoms with van der Waals surface area (Å²) in [5.41, 5.74) is 3.76. The van der Waals surface area contributed by atoms with Crippen LogP contribution in [0.5, 0.6) is 0 Å². The van der Waals surface area contributed by atoms with Crippen molar-refractivity contribution in [3.05, 3.63) is 50.4 Å². The van der Waals surface area contributed by atoms with Crippen LogP contribution in [0.1, 0.15) is 22.7 Å². The number of halogens is 1. The van der Waals surface area contributed by atoms with Crippen molar-refractivity contribution in [3.8, 4) is 0 Å². The average molecular weight is 297 g/mol. The van der Waals surface area contributed by atoms with E-state index in [1.807, 2.05) is 19.4 Å². The van der Waals surface area contributed by atoms with Crippen LogP contribution >= 0.6 is 27.3 Å². The lowest BCUT2D eigenvalue weighted by atomic mass is 9.99. The maximum atomic E-state index is 4.13. The third-order valence-corrected chi connectivity index (χ3v) is 4.37. The highest BCUT2D eigenvalue weighted by atomic mass is 79.9. The summed E-state index contributed by atoms with van der Waals surface area (Å²) in [6, 6.07) is 2.30. The molecule has 0 aliphatic rings. The maximum absolute atomic E-state index is 4.13. The first-order chi connectivity index (χ1) is 7.74. The molecule has 0 aliphatic carbocycles. The van der Waals surface area contributed by atoms with Gasteiger partial charge in [0.2, 0.25) is 0 Å². The second-order valence-corrected chi connectivity index (χ2v) is 5.23. The summed E-state index contributed by atoms with van der Waals surface area (Å²) >= 11 is 5.29. The Balaban J connectivity index is 2.45. The molecule has 1 atom stereocenters. The van der Waals surface area contributed by atoms with Gasteiger partial charge in [0.05, 0.1) is 6.04 Å². The third kappa shape index (κ3) is 2.19. The quantitative estimate of drug-likeness (QED) is 0.937. The van der Waals surface area contributed by atoms with Gasteiger partial charge in [0.25, 0.3) is 0 Å². The third-order valence-electron chi connectivity index (χ3n) is 2.62. The van der Waals surface area contributed by atoms with Gasteiger partial charge in [-0.15, -0.1) is 0 Å². The number of thiophene rings is 1. The molecule has 0 aliphatic heterocycles. The van der Waals surface area contributed by atoms with Crippen LogP contribution in [0.15, 0.2) is 33.7 Å². The molecule has 1 N–H and O–H groups in total. The smallest absolute Gasteiger partial charge is 0.0597 e. The fraction of sp³-hybridized carbons (Fsp3) is 0.250. The first kappa shape index (κ1) is 11.8. The standard InChI is InChI=1S/C12H13BrN2S/c1-8-5-15-4-3-9(8)12(14-2)10-6-16-7-11(10)13/h3-7,12,14H,1-2H3. The topological polar surface area (TPSA) is 24.9 Å². The van der Waals surface area contributed by atoms with Crippen LogP contribution in [0.4, 0.5) is 0 Å². The molecule has 16 heavy (non-hydrogen) atoms. The molecule has 2 heterocycles. The number of aromatic nitrogens is 1. The minimum Gasteiger partial charge on any atom is -0.309 e. The lowest BCUT2D eigenvalue weighted by Gasteiger charge is -2.18. The summed E-state index contributed by atoms with van der Waals surface area (Å²) in [5, 5.41) is 7.63. The SMILES string of the molecule is CNC(c1ccncc1C)c1cscc1Br. The Kier molecular flexibility index (Phi) is 3.74. The molecule has 84 valence electrons. The highest BCUT2D eigenvalue weighted by Gasteiger charge is 2.17. The predicted octanol–water partition coefficient (Wildman–Crippen LogP) is 3.52. The van der Waals surface area contributed by atoms with E-state index in [0.29, 0.717) is 0 Å². The number of pyridine rings is 1. The molecule has 0 aromatic carbocycles. The molecule has 2 rings (SSSR count). The van der Waals surface area contributed by atoms with E-state index in [9.17, 15) is 0 Å². The van der Waals surface area contributed by atoms with Gasteiger partial charge in [0, 0.05) is 22.2 Å². The molecule has 2 nitrogen and oxygen atoms in total. The number of nitrogens with zero attached hydrogens (tertiary/aromatic N) is 1. The second kappa shape index (κ2) is 5.08. The van der Waals surface area contributed by atoms with Gasteiger partial charge in [0.15, 0.2) is 0 Å². The molecule has 0 saturated carbocycles. The van der Waals surface area contributed by atoms with Crippen LogP contribution in [0.25, 0.3) is 0 Å². The van der Waals surface area contributed by atoms with Crippen molar-refractivity contribution in [1.29, 1.82) is 0 Å². The summed E-state index contributed by atoms with van der Waals surface area (Å²) < 4.78 is 1.16. The Bertz CT molecular complexity index is 481. The normalized spacial score (nSPS) is 12.7. The summed E-state index contributed by atoms with van der Waals surface area (Å²) in [7, 11) is 1.98. The van der Waals surface area contributed by atoms with E-state index in [2.05, 4.69) is 50.0 Å². The van der Waals surface area contributed by atoms with Gasteiger partial charge in [-0.3, -0.25) is 4.98 Å². The van der Waals surface area contributed by atoms with Gasteiger partial charge in [-0.05, 0) is 58.0 Å². The van der Waals surface area contributed by atoms with Crippen molar-refractivity contribution < 1.29 is 0 Å². The van der Waals surface area contributed by atoms with Crippen molar-refractivity contribution in [2.45, 2.75) is 13.0 Å². The van der Waals surface area contributed by atoms with E-state index in [1.165, 1.54) is 16.7 Å². The molecule has 2 aromatic rings. The van der Waals surface area contributed by atoms with Crippen LogP contribution < -0.4 is 5.32 Å². The van der Waals surface area contributed by atoms with Crippen LogP contribution in [0.3, 0.4) is 0 Å². The Labute approximate surface area is 108 Å². The number of rotatable bonds is 3. The van der Waals surface area contributed by atoms with E-state index in [0.717, 1.165) is 4.47 Å². The van der Waals surface area contributed by atoms with Gasteiger partial charge in [0.1, 0.15) is 0 Å². The monoisotopic (exact) mass is 296 g/mol. The zero-order valence-electron chi connectivity index (χ0n) is 9.20. The van der Waals surface area contributed by atoms with Crippen molar-refractivity contribution in [2.24, 2.45) is 0 Å². The molecule has 4 heteroatoms. The van der Waals surface area contributed by atoms with Crippen LogP contribution in [0, 0.1) is 6.92 Å². The molecule has 0 fully saturated rings. The predicted molar refractivity (Wildman–Crippen MR) is 71.9 cm³/mol. The zero-order valence-corrected chi connectivity index (χ0v) is 11.6. The minimum absolute atomic E-state index is 0.226. The molecule has 0 saturated heterocycles. The average Bonchev–Trinajstić information content (AvgIpc) is 2.69. The zero-order chi connectivity index (χ0) is 11.5. The van der Waals surface area contributed by atoms with Crippen LogP contribution in [-0.2, 0) is 0 Å². The van der Waals surface area contributed by atoms with E-state index in [4.69, 9.17) is 0 Å². The minimum atomic E-state index is 0.226. The number of hydrogen-bond acceptors (Lipinski definition) is 3. The maximum Gasteiger partial charge on any atom is 0.0597 e. The molecule has 0 spiro atoms. The molecule has 0 radical (unpaired) electrons. The number of hydrogen-bond donors (Lipinski definition) is 1. The molecular formula is C12H13BrN2S. The fourth-order valence-electron chi connectivity index (χ4n) is 1.78. The van der Waals surface area contributed by atoms with Crippen molar-refractivity contribution >= 4 is 27.3 Å². The van der Waals surface area contributed by atoms with Crippen LogP contribution in [0.2, 0.25) is 0 Å². The summed E-state index contributed by atoms with van der Waals surface area (Å²) in [6.45, 7) is 2.09. The van der Waals surface area contributed by atoms with Gasteiger partial charge in [-0.2, -0.15) is 11.3 Å². The molecule has 0 amide bonds. The van der Waals surface area contributed by atoms with Crippen molar-refractivity contribution in [2.75, 3.05) is 7.05 Å². The molecular weight excluding hydrogens is 284 g/mol. The van der Waals surface area contributed by atoms with Gasteiger partial charge < -0.3 is 5.32 Å². The Morgan fingerprint density at radius 3 is 2.75 bits per heavy atom. The van der Waals surface area contributed by atoms with E-state index in [1.54, 1.807) is 11.3 Å². The van der Waals surface area contributed by atoms with E-state index >= 15 is 0 Å². The van der Waals surface area contributed by atoms with Crippen molar-refractivity contribution in [3.63, 3.8) is 0 Å². The Morgan fingerprint density at radius 1 is 1.38 bits per heavy atom. The number of nitrogens with one attached hydrogen (secondary N) is 1. The van der Waals surface area contributed by atoms with Gasteiger partial charge in [-0.1, -0.05) is 0 Å².